The van der Waals surface area contributed by atoms with Crippen LogP contribution in [-0.2, 0) is 16.0 Å². The second-order valence-corrected chi connectivity index (χ2v) is 10.4. The first-order valence-corrected chi connectivity index (χ1v) is 12.4. The normalized spacial score (nSPS) is 26.7. The summed E-state index contributed by atoms with van der Waals surface area (Å²) < 4.78 is 16.9. The number of aliphatic carboxylic acids is 1. The molecule has 1 N–H and O–H groups in total. The lowest BCUT2D eigenvalue weighted by Crippen LogP contribution is -2.47. The molecule has 1 aromatic rings. The zero-order chi connectivity index (χ0) is 24.4. The number of nitrogens with zero attached hydrogens (tertiary/aromatic N) is 2. The smallest absolute Gasteiger partial charge is 0.409 e. The van der Waals surface area contributed by atoms with Crippen molar-refractivity contribution in [2.75, 3.05) is 47.0 Å². The van der Waals surface area contributed by atoms with Crippen LogP contribution in [0.25, 0.3) is 0 Å². The molecule has 8 nitrogen and oxygen atoms in total. The van der Waals surface area contributed by atoms with E-state index < -0.39 is 11.9 Å². The summed E-state index contributed by atoms with van der Waals surface area (Å²) in [5.41, 5.74) is 2.58. The fraction of sp³-hybridized carbons (Fsp3) is 0.692. The minimum absolute atomic E-state index is 0.236. The van der Waals surface area contributed by atoms with Gasteiger partial charge in [0.05, 0.1) is 26.7 Å². The van der Waals surface area contributed by atoms with E-state index in [9.17, 15) is 14.7 Å². The number of ether oxygens (including phenoxy) is 3. The van der Waals surface area contributed by atoms with Crippen LogP contribution in [0.3, 0.4) is 0 Å². The van der Waals surface area contributed by atoms with Crippen LogP contribution in [0.1, 0.15) is 50.3 Å². The molecular formula is C26H38N2O6. The van der Waals surface area contributed by atoms with Crippen LogP contribution in [0.5, 0.6) is 11.5 Å². The Morgan fingerprint density at radius 1 is 1.09 bits per heavy atom. The number of hydrogen-bond acceptors (Lipinski definition) is 6. The van der Waals surface area contributed by atoms with Crippen molar-refractivity contribution in [3.8, 4) is 11.5 Å². The Bertz CT molecular complexity index is 904. The van der Waals surface area contributed by atoms with Gasteiger partial charge in [0.15, 0.2) is 11.5 Å². The Balaban J connectivity index is 1.49. The van der Waals surface area contributed by atoms with Gasteiger partial charge in [0.25, 0.3) is 0 Å². The van der Waals surface area contributed by atoms with Crippen molar-refractivity contribution >= 4 is 12.1 Å². The van der Waals surface area contributed by atoms with Crippen molar-refractivity contribution in [2.24, 2.45) is 23.7 Å². The molecule has 0 aliphatic carbocycles. The highest BCUT2D eigenvalue weighted by Gasteiger charge is 2.40. The third-order valence-electron chi connectivity index (χ3n) is 7.77. The van der Waals surface area contributed by atoms with Crippen molar-refractivity contribution in [2.45, 2.75) is 45.6 Å². The number of piperidine rings is 1. The van der Waals surface area contributed by atoms with Crippen LogP contribution < -0.4 is 9.47 Å². The lowest BCUT2D eigenvalue weighted by molar-refractivity contribution is -0.141. The molecule has 4 atom stereocenters. The molecule has 0 aromatic heterocycles. The topological polar surface area (TPSA) is 88.5 Å². The Morgan fingerprint density at radius 3 is 2.47 bits per heavy atom. The maximum Gasteiger partial charge on any atom is 0.409 e. The highest BCUT2D eigenvalue weighted by atomic mass is 16.6. The molecule has 3 aliphatic heterocycles. The number of amides is 1. The predicted octanol–water partition coefficient (Wildman–Crippen LogP) is 3.83. The molecule has 0 radical (unpaired) electrons. The third-order valence-corrected chi connectivity index (χ3v) is 7.77. The average molecular weight is 475 g/mol. The van der Waals surface area contributed by atoms with Gasteiger partial charge in [-0.1, -0.05) is 13.8 Å². The van der Waals surface area contributed by atoms with E-state index >= 15 is 0 Å². The van der Waals surface area contributed by atoms with Gasteiger partial charge < -0.3 is 24.2 Å². The molecule has 1 amide bonds. The van der Waals surface area contributed by atoms with E-state index in [0.29, 0.717) is 31.4 Å². The molecular weight excluding hydrogens is 436 g/mol. The summed E-state index contributed by atoms with van der Waals surface area (Å²) in [6, 6.07) is 4.49. The van der Waals surface area contributed by atoms with Crippen molar-refractivity contribution in [1.29, 1.82) is 0 Å². The summed E-state index contributed by atoms with van der Waals surface area (Å²) in [4.78, 5) is 28.1. The minimum atomic E-state index is -0.845. The van der Waals surface area contributed by atoms with Crippen molar-refractivity contribution in [1.82, 2.24) is 9.80 Å². The number of carbonyl (C=O) groups excluding carboxylic acids is 1. The van der Waals surface area contributed by atoms with Crippen LogP contribution in [0, 0.1) is 23.7 Å². The number of carbonyl (C=O) groups is 2. The van der Waals surface area contributed by atoms with E-state index in [1.807, 2.05) is 0 Å². The number of carboxylic acid groups (broad SMARTS) is 1. The second kappa shape index (κ2) is 10.4. The molecule has 0 spiro atoms. The van der Waals surface area contributed by atoms with E-state index in [0.717, 1.165) is 43.9 Å². The zero-order valence-corrected chi connectivity index (χ0v) is 20.8. The molecule has 8 heteroatoms. The van der Waals surface area contributed by atoms with Crippen LogP contribution in [0.15, 0.2) is 12.1 Å². The van der Waals surface area contributed by atoms with Crippen LogP contribution in [0.2, 0.25) is 0 Å². The molecule has 4 rings (SSSR count). The maximum atomic E-state index is 12.7. The molecule has 3 heterocycles. The van der Waals surface area contributed by atoms with Gasteiger partial charge >= 0.3 is 12.1 Å². The number of likely N-dealkylation sites (tertiary alicyclic amines) is 1. The van der Waals surface area contributed by atoms with Crippen molar-refractivity contribution < 1.29 is 28.9 Å². The monoisotopic (exact) mass is 474 g/mol. The molecule has 0 bridgehead atoms. The summed E-state index contributed by atoms with van der Waals surface area (Å²) >= 11 is 0. The molecule has 4 unspecified atom stereocenters. The van der Waals surface area contributed by atoms with E-state index in [-0.39, 0.29) is 24.6 Å². The highest BCUT2D eigenvalue weighted by molar-refractivity contribution is 5.74. The van der Waals surface area contributed by atoms with Gasteiger partial charge in [0.2, 0.25) is 0 Å². The fourth-order valence-corrected chi connectivity index (χ4v) is 5.98. The van der Waals surface area contributed by atoms with Gasteiger partial charge in [0.1, 0.15) is 0 Å². The van der Waals surface area contributed by atoms with Gasteiger partial charge in [-0.15, -0.1) is 0 Å². The molecule has 3 aliphatic rings. The molecule has 2 saturated heterocycles. The maximum absolute atomic E-state index is 12.7. The molecule has 0 saturated carbocycles. The minimum Gasteiger partial charge on any atom is -0.493 e. The number of carboxylic acids is 1. The lowest BCUT2D eigenvalue weighted by Gasteiger charge is -2.47. The van der Waals surface area contributed by atoms with Gasteiger partial charge in [-0.25, -0.2) is 4.79 Å². The van der Waals surface area contributed by atoms with E-state index in [1.165, 1.54) is 11.1 Å². The molecule has 188 valence electrons. The van der Waals surface area contributed by atoms with Crippen molar-refractivity contribution in [3.63, 3.8) is 0 Å². The van der Waals surface area contributed by atoms with Crippen LogP contribution in [-0.4, -0.2) is 74.0 Å². The number of methoxy groups -OCH3 is 2. The fourth-order valence-electron chi connectivity index (χ4n) is 5.98. The Kier molecular flexibility index (Phi) is 7.55. The quantitative estimate of drug-likeness (QED) is 0.643. The van der Waals surface area contributed by atoms with Crippen molar-refractivity contribution in [3.05, 3.63) is 23.3 Å². The number of fused-ring (bicyclic) bond motifs is 3. The molecule has 34 heavy (non-hydrogen) atoms. The van der Waals surface area contributed by atoms with E-state index in [2.05, 4.69) is 30.9 Å². The summed E-state index contributed by atoms with van der Waals surface area (Å²) in [6.45, 7) is 7.54. The lowest BCUT2D eigenvalue weighted by atomic mass is 9.74. The predicted molar refractivity (Wildman–Crippen MR) is 127 cm³/mol. The summed E-state index contributed by atoms with van der Waals surface area (Å²) in [6.07, 6.45) is 3.10. The first-order chi connectivity index (χ1) is 16.3. The second-order valence-electron chi connectivity index (χ2n) is 10.4. The largest absolute Gasteiger partial charge is 0.493 e. The summed E-state index contributed by atoms with van der Waals surface area (Å²) in [5.74, 6) is 1.45. The van der Waals surface area contributed by atoms with Gasteiger partial charge in [0, 0.05) is 32.2 Å². The Morgan fingerprint density at radius 2 is 1.82 bits per heavy atom. The van der Waals surface area contributed by atoms with E-state index in [1.54, 1.807) is 19.1 Å². The third kappa shape index (κ3) is 5.11. The number of rotatable bonds is 7. The standard InChI is InChI=1S/C26H38N2O6/c1-16(2)9-19-14-27-7-5-17-11-23(32-3)24(33-4)12-21(17)22(27)10-20(19)15-34-26(31)28-8-6-18(13-28)25(29)30/h11-12,16,18-20,22H,5-10,13-15H2,1-4H3,(H,29,30). The Labute approximate surface area is 202 Å². The van der Waals surface area contributed by atoms with E-state index in [4.69, 9.17) is 14.2 Å². The van der Waals surface area contributed by atoms with Gasteiger partial charge in [-0.05, 0) is 66.7 Å². The summed E-state index contributed by atoms with van der Waals surface area (Å²) in [7, 11) is 3.33. The first-order valence-electron chi connectivity index (χ1n) is 12.4. The highest BCUT2D eigenvalue weighted by Crippen LogP contribution is 2.45. The SMILES string of the molecule is COc1cc2c(cc1OC)C1CC(COC(=O)N3CCC(C(=O)O)C3)C(CC(C)C)CN1CC2. The molecule has 2 fully saturated rings. The van der Waals surface area contributed by atoms with Crippen LogP contribution >= 0.6 is 0 Å². The average Bonchev–Trinajstić information content (AvgIpc) is 3.32. The number of benzene rings is 1. The first kappa shape index (κ1) is 24.6. The van der Waals surface area contributed by atoms with Crippen LogP contribution in [0.4, 0.5) is 4.79 Å². The zero-order valence-electron chi connectivity index (χ0n) is 20.8. The Hall–Kier alpha value is -2.48. The van der Waals surface area contributed by atoms with Gasteiger partial charge in [-0.2, -0.15) is 0 Å². The summed E-state index contributed by atoms with van der Waals surface area (Å²) in [5, 5.41) is 9.23. The molecule has 1 aromatic carbocycles. The number of hydrogen-bond donors (Lipinski definition) is 1. The van der Waals surface area contributed by atoms with Gasteiger partial charge in [-0.3, -0.25) is 9.69 Å².